The Labute approximate surface area is 159 Å². The van der Waals surface area contributed by atoms with E-state index < -0.39 is 0 Å². The summed E-state index contributed by atoms with van der Waals surface area (Å²) in [5.41, 5.74) is 1.28. The Morgan fingerprint density at radius 1 is 0.960 bits per heavy atom. The number of ether oxygens (including phenoxy) is 1. The molecule has 3 heteroatoms. The SMILES string of the molecule is COc1ccc(C(C#CSc2ccccc2)SC2CCCCC2)cc1. The van der Waals surface area contributed by atoms with Crippen molar-refractivity contribution in [2.75, 3.05) is 7.11 Å². The number of hydrogen-bond donors (Lipinski definition) is 0. The van der Waals surface area contributed by atoms with E-state index in [0.29, 0.717) is 0 Å². The van der Waals surface area contributed by atoms with Gasteiger partial charge < -0.3 is 4.74 Å². The second-order valence-electron chi connectivity index (χ2n) is 6.21. The maximum atomic E-state index is 5.29. The van der Waals surface area contributed by atoms with Gasteiger partial charge in [-0.15, -0.1) is 11.8 Å². The van der Waals surface area contributed by atoms with E-state index in [1.807, 2.05) is 30.0 Å². The quantitative estimate of drug-likeness (QED) is 0.437. The van der Waals surface area contributed by atoms with Gasteiger partial charge in [-0.3, -0.25) is 0 Å². The highest BCUT2D eigenvalue weighted by Crippen LogP contribution is 2.39. The third-order valence-electron chi connectivity index (χ3n) is 4.40. The van der Waals surface area contributed by atoms with Gasteiger partial charge in [0.05, 0.1) is 12.4 Å². The third kappa shape index (κ3) is 5.76. The van der Waals surface area contributed by atoms with Crippen molar-refractivity contribution < 1.29 is 4.74 Å². The Morgan fingerprint density at radius 2 is 1.68 bits per heavy atom. The van der Waals surface area contributed by atoms with Crippen LogP contribution < -0.4 is 4.74 Å². The lowest BCUT2D eigenvalue weighted by atomic mass is 10.0. The summed E-state index contributed by atoms with van der Waals surface area (Å²) in [6, 6.07) is 18.8. The average Bonchev–Trinajstić information content (AvgIpc) is 2.69. The van der Waals surface area contributed by atoms with Gasteiger partial charge in [0, 0.05) is 10.1 Å². The topological polar surface area (TPSA) is 9.23 Å². The monoisotopic (exact) mass is 368 g/mol. The highest BCUT2D eigenvalue weighted by Gasteiger charge is 2.19. The molecule has 0 N–H and O–H groups in total. The van der Waals surface area contributed by atoms with E-state index in [9.17, 15) is 0 Å². The molecule has 0 aromatic heterocycles. The highest BCUT2D eigenvalue weighted by atomic mass is 32.2. The van der Waals surface area contributed by atoms with E-state index in [-0.39, 0.29) is 5.25 Å². The molecule has 1 aliphatic rings. The summed E-state index contributed by atoms with van der Waals surface area (Å²) in [7, 11) is 1.71. The zero-order chi connectivity index (χ0) is 17.3. The maximum absolute atomic E-state index is 5.29. The second-order valence-corrected chi connectivity index (χ2v) is 8.50. The van der Waals surface area contributed by atoms with Crippen LogP contribution in [0.2, 0.25) is 0 Å². The van der Waals surface area contributed by atoms with Crippen molar-refractivity contribution in [3.05, 3.63) is 60.2 Å². The third-order valence-corrected chi connectivity index (χ3v) is 6.65. The normalized spacial score (nSPS) is 15.9. The van der Waals surface area contributed by atoms with E-state index in [1.165, 1.54) is 42.6 Å². The van der Waals surface area contributed by atoms with Gasteiger partial charge in [0.2, 0.25) is 0 Å². The molecule has 1 saturated carbocycles. The lowest BCUT2D eigenvalue weighted by Crippen LogP contribution is -2.10. The smallest absolute Gasteiger partial charge is 0.118 e. The first-order chi connectivity index (χ1) is 12.3. The fraction of sp³-hybridized carbons (Fsp3) is 0.364. The molecule has 25 heavy (non-hydrogen) atoms. The van der Waals surface area contributed by atoms with E-state index in [4.69, 9.17) is 4.74 Å². The van der Waals surface area contributed by atoms with Gasteiger partial charge in [-0.2, -0.15) is 0 Å². The lowest BCUT2D eigenvalue weighted by Gasteiger charge is -2.24. The number of benzene rings is 2. The first kappa shape index (κ1) is 18.3. The van der Waals surface area contributed by atoms with Crippen LogP contribution in [0.5, 0.6) is 5.75 Å². The molecule has 0 amide bonds. The predicted molar refractivity (Wildman–Crippen MR) is 110 cm³/mol. The van der Waals surface area contributed by atoms with Crippen LogP contribution in [0, 0.1) is 11.2 Å². The van der Waals surface area contributed by atoms with Gasteiger partial charge in [0.15, 0.2) is 0 Å². The molecular formula is C22H24OS2. The molecule has 2 aromatic carbocycles. The minimum Gasteiger partial charge on any atom is -0.497 e. The van der Waals surface area contributed by atoms with Crippen LogP contribution in [-0.4, -0.2) is 12.4 Å². The van der Waals surface area contributed by atoms with Gasteiger partial charge in [-0.25, -0.2) is 0 Å². The minimum absolute atomic E-state index is 0.227. The summed E-state index contributed by atoms with van der Waals surface area (Å²) < 4.78 is 5.29. The second kappa shape index (κ2) is 9.85. The van der Waals surface area contributed by atoms with E-state index in [1.54, 1.807) is 18.9 Å². The number of rotatable bonds is 5. The van der Waals surface area contributed by atoms with Gasteiger partial charge in [0.1, 0.15) is 5.75 Å². The van der Waals surface area contributed by atoms with Crippen LogP contribution in [0.3, 0.4) is 0 Å². The average molecular weight is 369 g/mol. The molecule has 0 radical (unpaired) electrons. The van der Waals surface area contributed by atoms with Gasteiger partial charge >= 0.3 is 0 Å². The standard InChI is InChI=1S/C22H24OS2/c1-23-19-14-12-18(13-15-19)22(25-21-10-6-3-7-11-21)16-17-24-20-8-4-2-5-9-20/h2,4-5,8-9,12-15,21-22H,3,6-7,10-11H2,1H3. The van der Waals surface area contributed by atoms with Crippen molar-refractivity contribution in [2.24, 2.45) is 0 Å². The van der Waals surface area contributed by atoms with Crippen molar-refractivity contribution in [3.63, 3.8) is 0 Å². The summed E-state index contributed by atoms with van der Waals surface area (Å²) >= 11 is 3.65. The van der Waals surface area contributed by atoms with E-state index in [0.717, 1.165) is 11.0 Å². The molecule has 1 aliphatic carbocycles. The van der Waals surface area contributed by atoms with Crippen LogP contribution in [0.4, 0.5) is 0 Å². The summed E-state index contributed by atoms with van der Waals surface area (Å²) in [5, 5.41) is 4.29. The number of methoxy groups -OCH3 is 1. The molecule has 0 bridgehead atoms. The molecule has 1 atom stereocenters. The van der Waals surface area contributed by atoms with Crippen LogP contribution in [-0.2, 0) is 0 Å². The predicted octanol–water partition coefficient (Wildman–Crippen LogP) is 6.56. The largest absolute Gasteiger partial charge is 0.497 e. The number of hydrogen-bond acceptors (Lipinski definition) is 3. The van der Waals surface area contributed by atoms with E-state index in [2.05, 4.69) is 47.6 Å². The molecular weight excluding hydrogens is 344 g/mol. The zero-order valence-corrected chi connectivity index (χ0v) is 16.2. The van der Waals surface area contributed by atoms with Crippen molar-refractivity contribution in [3.8, 4) is 16.9 Å². The Morgan fingerprint density at radius 3 is 2.36 bits per heavy atom. The molecule has 0 aliphatic heterocycles. The molecule has 0 saturated heterocycles. The number of thioether (sulfide) groups is 2. The molecule has 0 spiro atoms. The Kier molecular flexibility index (Phi) is 7.21. The van der Waals surface area contributed by atoms with E-state index >= 15 is 0 Å². The van der Waals surface area contributed by atoms with Crippen LogP contribution in [0.1, 0.15) is 42.9 Å². The van der Waals surface area contributed by atoms with Crippen LogP contribution in [0.15, 0.2) is 59.5 Å². The zero-order valence-electron chi connectivity index (χ0n) is 14.6. The fourth-order valence-electron chi connectivity index (χ4n) is 3.00. The summed E-state index contributed by atoms with van der Waals surface area (Å²) in [6.07, 6.45) is 6.76. The molecule has 1 unspecified atom stereocenters. The van der Waals surface area contributed by atoms with Crippen molar-refractivity contribution in [1.82, 2.24) is 0 Å². The van der Waals surface area contributed by atoms with Gasteiger partial charge in [0.25, 0.3) is 0 Å². The van der Waals surface area contributed by atoms with Crippen molar-refractivity contribution in [2.45, 2.75) is 47.5 Å². The molecule has 130 valence electrons. The summed E-state index contributed by atoms with van der Waals surface area (Å²) in [5.74, 6) is 4.40. The molecule has 1 fully saturated rings. The first-order valence-corrected chi connectivity index (χ1v) is 10.6. The molecule has 2 aromatic rings. The summed E-state index contributed by atoms with van der Waals surface area (Å²) in [6.45, 7) is 0. The Balaban J connectivity index is 1.73. The van der Waals surface area contributed by atoms with Crippen molar-refractivity contribution in [1.29, 1.82) is 0 Å². The van der Waals surface area contributed by atoms with Gasteiger partial charge in [-0.05, 0) is 59.7 Å². The molecule has 0 heterocycles. The Hall–Kier alpha value is -1.50. The Bertz CT molecular complexity index is 694. The first-order valence-electron chi connectivity index (χ1n) is 8.87. The van der Waals surface area contributed by atoms with Crippen LogP contribution >= 0.6 is 23.5 Å². The molecule has 3 rings (SSSR count). The highest BCUT2D eigenvalue weighted by molar-refractivity contribution is 8.04. The summed E-state index contributed by atoms with van der Waals surface area (Å²) in [4.78, 5) is 1.20. The van der Waals surface area contributed by atoms with Crippen LogP contribution in [0.25, 0.3) is 0 Å². The minimum atomic E-state index is 0.227. The van der Waals surface area contributed by atoms with Gasteiger partial charge in [-0.1, -0.05) is 55.5 Å². The fourth-order valence-corrected chi connectivity index (χ4v) is 5.09. The van der Waals surface area contributed by atoms with Crippen molar-refractivity contribution >= 4 is 23.5 Å². The maximum Gasteiger partial charge on any atom is 0.118 e. The molecule has 1 nitrogen and oxygen atoms in total. The lowest BCUT2D eigenvalue weighted by molar-refractivity contribution is 0.414.